The van der Waals surface area contributed by atoms with Gasteiger partial charge in [0.25, 0.3) is 0 Å². The molecule has 0 saturated carbocycles. The molecule has 11 heteroatoms. The monoisotopic (exact) mass is 392 g/mol. The van der Waals surface area contributed by atoms with Gasteiger partial charge in [-0.1, -0.05) is 11.6 Å². The van der Waals surface area contributed by atoms with Crippen LogP contribution < -0.4 is 10.5 Å². The van der Waals surface area contributed by atoms with Crippen LogP contribution >= 0.6 is 24.0 Å². The lowest BCUT2D eigenvalue weighted by Gasteiger charge is -2.31. The van der Waals surface area contributed by atoms with Gasteiger partial charge in [0.2, 0.25) is 10.0 Å². The molecule has 1 fully saturated rings. The van der Waals surface area contributed by atoms with Crippen LogP contribution in [0.4, 0.5) is 8.78 Å². The lowest BCUT2D eigenvalue weighted by atomic mass is 10.3. The number of nitrogens with two attached hydrogens (primary N) is 1. The van der Waals surface area contributed by atoms with Crippen molar-refractivity contribution >= 4 is 34.0 Å². The minimum Gasteiger partial charge on any atom is -0.433 e. The van der Waals surface area contributed by atoms with Crippen LogP contribution in [-0.4, -0.2) is 51.7 Å². The second-order valence-corrected chi connectivity index (χ2v) is 6.91. The van der Waals surface area contributed by atoms with E-state index in [0.29, 0.717) is 0 Å². The summed E-state index contributed by atoms with van der Waals surface area (Å²) in [5.41, 5.74) is 5.48. The molecule has 0 radical (unpaired) electrons. The molecular weight excluding hydrogens is 377 g/mol. The summed E-state index contributed by atoms with van der Waals surface area (Å²) in [6, 6.07) is 3.36. The van der Waals surface area contributed by atoms with Gasteiger partial charge < -0.3 is 15.2 Å². The summed E-state index contributed by atoms with van der Waals surface area (Å²) >= 11 is 5.79. The molecule has 0 aromatic heterocycles. The number of hydrogen-bond donors (Lipinski definition) is 1. The van der Waals surface area contributed by atoms with Gasteiger partial charge in [0.1, 0.15) is 5.75 Å². The highest BCUT2D eigenvalue weighted by Crippen LogP contribution is 2.30. The molecule has 132 valence electrons. The molecule has 1 aromatic rings. The highest BCUT2D eigenvalue weighted by Gasteiger charge is 2.30. The third kappa shape index (κ3) is 4.88. The maximum atomic E-state index is 12.5. The van der Waals surface area contributed by atoms with E-state index >= 15 is 0 Å². The van der Waals surface area contributed by atoms with E-state index in [1.807, 2.05) is 0 Å². The smallest absolute Gasteiger partial charge is 0.387 e. The van der Waals surface area contributed by atoms with E-state index in [9.17, 15) is 17.2 Å². The van der Waals surface area contributed by atoms with Crippen LogP contribution in [0.15, 0.2) is 23.1 Å². The molecule has 23 heavy (non-hydrogen) atoms. The summed E-state index contributed by atoms with van der Waals surface area (Å²) in [6.45, 7) is -2.28. The molecule has 2 N–H and O–H groups in total. The van der Waals surface area contributed by atoms with Crippen molar-refractivity contribution < 1.29 is 26.7 Å². The molecule has 1 saturated heterocycles. The zero-order valence-electron chi connectivity index (χ0n) is 11.8. The van der Waals surface area contributed by atoms with Crippen LogP contribution in [0.3, 0.4) is 0 Å². The summed E-state index contributed by atoms with van der Waals surface area (Å²) in [5.74, 6) is -0.280. The van der Waals surface area contributed by atoms with Crippen LogP contribution in [0.25, 0.3) is 0 Å². The minimum atomic E-state index is -3.80. The van der Waals surface area contributed by atoms with Crippen LogP contribution in [0.2, 0.25) is 5.02 Å². The van der Waals surface area contributed by atoms with Gasteiger partial charge in [0, 0.05) is 19.6 Å². The van der Waals surface area contributed by atoms with E-state index in [4.69, 9.17) is 22.1 Å². The Kier molecular flexibility index (Phi) is 7.43. The fourth-order valence-corrected chi connectivity index (χ4v) is 3.81. The lowest BCUT2D eigenvalue weighted by molar-refractivity contribution is -0.0498. The summed E-state index contributed by atoms with van der Waals surface area (Å²) in [6.07, 6.45) is -0.375. The van der Waals surface area contributed by atoms with E-state index in [0.717, 1.165) is 12.1 Å². The quantitative estimate of drug-likeness (QED) is 0.824. The van der Waals surface area contributed by atoms with Gasteiger partial charge in [-0.25, -0.2) is 8.42 Å². The summed E-state index contributed by atoms with van der Waals surface area (Å²) < 4.78 is 60.1. The van der Waals surface area contributed by atoms with Crippen molar-refractivity contribution in [1.82, 2.24) is 4.31 Å². The fraction of sp³-hybridized carbons (Fsp3) is 0.500. The van der Waals surface area contributed by atoms with Crippen molar-refractivity contribution in [2.75, 3.05) is 26.2 Å². The van der Waals surface area contributed by atoms with Crippen molar-refractivity contribution in [1.29, 1.82) is 0 Å². The predicted molar refractivity (Wildman–Crippen MR) is 82.9 cm³/mol. The molecule has 1 heterocycles. The Balaban J connectivity index is 0.00000264. The molecule has 0 bridgehead atoms. The molecule has 2 rings (SSSR count). The number of hydrogen-bond acceptors (Lipinski definition) is 5. The number of ether oxygens (including phenoxy) is 2. The van der Waals surface area contributed by atoms with E-state index < -0.39 is 16.6 Å². The molecule has 6 nitrogen and oxygen atoms in total. The van der Waals surface area contributed by atoms with Crippen molar-refractivity contribution in [3.05, 3.63) is 23.2 Å². The predicted octanol–water partition coefficient (Wildman–Crippen LogP) is 1.71. The lowest BCUT2D eigenvalue weighted by Crippen LogP contribution is -2.48. The van der Waals surface area contributed by atoms with Crippen molar-refractivity contribution in [3.8, 4) is 5.75 Å². The Hall–Kier alpha value is -0.710. The van der Waals surface area contributed by atoms with Crippen LogP contribution in [0.1, 0.15) is 0 Å². The van der Waals surface area contributed by atoms with Crippen LogP contribution in [0, 0.1) is 0 Å². The fourth-order valence-electron chi connectivity index (χ4n) is 2.04. The zero-order valence-corrected chi connectivity index (χ0v) is 14.2. The van der Waals surface area contributed by atoms with Crippen molar-refractivity contribution in [2.45, 2.75) is 17.6 Å². The Labute approximate surface area is 143 Å². The first-order valence-electron chi connectivity index (χ1n) is 6.40. The Morgan fingerprint density at radius 1 is 1.48 bits per heavy atom. The van der Waals surface area contributed by atoms with Crippen molar-refractivity contribution in [2.24, 2.45) is 5.73 Å². The van der Waals surface area contributed by atoms with Gasteiger partial charge in [-0.2, -0.15) is 13.1 Å². The Bertz CT molecular complexity index is 633. The van der Waals surface area contributed by atoms with Gasteiger partial charge in [-0.15, -0.1) is 12.4 Å². The zero-order chi connectivity index (χ0) is 16.3. The summed E-state index contributed by atoms with van der Waals surface area (Å²) in [7, 11) is -3.80. The van der Waals surface area contributed by atoms with E-state index in [2.05, 4.69) is 4.74 Å². The standard InChI is InChI=1S/C12H15ClF2N2O4S.ClH/c13-10-5-9(1-2-11(10)21-12(14)15)22(18,19)17-3-4-20-8(6-16)7-17;/h1-2,5,8,12H,3-4,6-7,16H2;1H. The van der Waals surface area contributed by atoms with E-state index in [1.165, 1.54) is 10.4 Å². The number of rotatable bonds is 5. The number of sulfonamides is 1. The number of alkyl halides is 2. The van der Waals surface area contributed by atoms with Crippen LogP contribution in [-0.2, 0) is 14.8 Å². The second kappa shape index (κ2) is 8.41. The molecular formula is C12H16Cl2F2N2O4S. The highest BCUT2D eigenvalue weighted by atomic mass is 35.5. The summed E-state index contributed by atoms with van der Waals surface area (Å²) in [4.78, 5) is -0.100. The number of halogens is 4. The van der Waals surface area contributed by atoms with Gasteiger partial charge in [0.15, 0.2) is 0 Å². The van der Waals surface area contributed by atoms with Gasteiger partial charge in [-0.3, -0.25) is 0 Å². The highest BCUT2D eigenvalue weighted by molar-refractivity contribution is 7.89. The molecule has 1 atom stereocenters. The average molecular weight is 393 g/mol. The van der Waals surface area contributed by atoms with Gasteiger partial charge >= 0.3 is 6.61 Å². The average Bonchev–Trinajstić information content (AvgIpc) is 2.49. The van der Waals surface area contributed by atoms with Gasteiger partial charge in [-0.05, 0) is 18.2 Å². The molecule has 0 aliphatic carbocycles. The number of nitrogens with zero attached hydrogens (tertiary/aromatic N) is 1. The third-order valence-electron chi connectivity index (χ3n) is 3.12. The molecule has 0 amide bonds. The molecule has 1 aliphatic rings. The Morgan fingerprint density at radius 3 is 2.74 bits per heavy atom. The number of morpholine rings is 1. The SMILES string of the molecule is Cl.NCC1CN(S(=O)(=O)c2ccc(OC(F)F)c(Cl)c2)CCO1. The van der Waals surface area contributed by atoms with Crippen molar-refractivity contribution in [3.63, 3.8) is 0 Å². The molecule has 1 aromatic carbocycles. The molecule has 1 unspecified atom stereocenters. The largest absolute Gasteiger partial charge is 0.433 e. The first-order valence-corrected chi connectivity index (χ1v) is 8.22. The first kappa shape index (κ1) is 20.3. The van der Waals surface area contributed by atoms with Crippen LogP contribution in [0.5, 0.6) is 5.75 Å². The maximum absolute atomic E-state index is 12.5. The Morgan fingerprint density at radius 2 is 2.17 bits per heavy atom. The second-order valence-electron chi connectivity index (χ2n) is 4.56. The summed E-state index contributed by atoms with van der Waals surface area (Å²) in [5, 5.41) is -0.204. The maximum Gasteiger partial charge on any atom is 0.387 e. The third-order valence-corrected chi connectivity index (χ3v) is 5.28. The topological polar surface area (TPSA) is 81.9 Å². The van der Waals surface area contributed by atoms with E-state index in [1.54, 1.807) is 0 Å². The minimum absolute atomic E-state index is 0. The van der Waals surface area contributed by atoms with E-state index in [-0.39, 0.29) is 60.4 Å². The normalized spacial score (nSPS) is 19.4. The van der Waals surface area contributed by atoms with Gasteiger partial charge in [0.05, 0.1) is 22.6 Å². The number of benzene rings is 1. The molecule has 0 spiro atoms. The first-order chi connectivity index (χ1) is 10.3. The molecule has 1 aliphatic heterocycles.